The van der Waals surface area contributed by atoms with Crippen LogP contribution in [-0.4, -0.2) is 71.9 Å². The Morgan fingerprint density at radius 2 is 2.05 bits per heavy atom. The molecule has 3 heterocycles. The fraction of sp³-hybridized carbons (Fsp3) is 0.400. The van der Waals surface area contributed by atoms with Crippen LogP contribution in [0, 0.1) is 0 Å². The number of aromatic nitrogens is 4. The number of fused-ring (bicyclic) bond motifs is 1. The normalized spacial score (nSPS) is 23.4. The van der Waals surface area contributed by atoms with Gasteiger partial charge in [0, 0.05) is 7.05 Å². The van der Waals surface area contributed by atoms with Crippen molar-refractivity contribution in [3.05, 3.63) is 36.7 Å². The van der Waals surface area contributed by atoms with Crippen molar-refractivity contribution in [1.82, 2.24) is 24.6 Å². The van der Waals surface area contributed by atoms with Gasteiger partial charge in [0.05, 0.1) is 12.9 Å². The van der Waals surface area contributed by atoms with Crippen LogP contribution in [0.3, 0.4) is 0 Å². The van der Waals surface area contributed by atoms with Crippen LogP contribution in [0.2, 0.25) is 0 Å². The number of nitrogen functional groups attached to an aromatic ring is 1. The van der Waals surface area contributed by atoms with Gasteiger partial charge in [-0.05, 0) is 19.1 Å². The van der Waals surface area contributed by atoms with Crippen molar-refractivity contribution < 1.29 is 33.4 Å². The molecule has 2 unspecified atom stereocenters. The number of carboxylic acids is 1. The van der Waals surface area contributed by atoms with Gasteiger partial charge in [-0.25, -0.2) is 9.55 Å². The van der Waals surface area contributed by atoms with Crippen LogP contribution in [0.25, 0.3) is 11.2 Å². The number of carboxylic acid groups (broad SMARTS) is 1. The van der Waals surface area contributed by atoms with Crippen molar-refractivity contribution in [2.75, 3.05) is 24.7 Å². The number of halogens is 2. The van der Waals surface area contributed by atoms with Crippen molar-refractivity contribution in [1.29, 1.82) is 0 Å². The van der Waals surface area contributed by atoms with Crippen LogP contribution in [0.1, 0.15) is 13.2 Å². The highest BCUT2D eigenvalue weighted by Gasteiger charge is 2.56. The molecular weight excluding hydrogens is 552 g/mol. The summed E-state index contributed by atoms with van der Waals surface area (Å²) in [6.45, 7) is 0.733. The van der Waals surface area contributed by atoms with E-state index in [1.54, 1.807) is 25.2 Å². The molecule has 17 heteroatoms. The molecule has 1 aromatic carbocycles. The summed E-state index contributed by atoms with van der Waals surface area (Å²) in [6.07, 6.45) is -2.62. The third kappa shape index (κ3) is 5.60. The number of nitrogens with zero attached hydrogens (tertiary/aromatic N) is 4. The average molecular weight is 576 g/mol. The van der Waals surface area contributed by atoms with Crippen LogP contribution < -0.4 is 20.7 Å². The van der Waals surface area contributed by atoms with Crippen molar-refractivity contribution in [2.24, 2.45) is 0 Å². The SMILES string of the molecule is CNc1nc(N)nc2c1ncn2[C@@H]1O[C@H](COP(=O)(NC(C)C(=O)O)Oc2ccccc2)[C@@H](O)C1(Cl)Cl. The van der Waals surface area contributed by atoms with Gasteiger partial charge in [-0.1, -0.05) is 41.4 Å². The Bertz CT molecular complexity index is 1330. The molecule has 1 aliphatic heterocycles. The number of para-hydroxylation sites is 1. The number of nitrogens with one attached hydrogen (secondary N) is 2. The van der Waals surface area contributed by atoms with Gasteiger partial charge in [0.2, 0.25) is 5.95 Å². The Balaban J connectivity index is 1.58. The number of imidazole rings is 1. The summed E-state index contributed by atoms with van der Waals surface area (Å²) in [7, 11) is -2.65. The summed E-state index contributed by atoms with van der Waals surface area (Å²) in [5.41, 5.74) is 6.38. The number of rotatable bonds is 10. The smallest absolute Gasteiger partial charge is 0.459 e. The van der Waals surface area contributed by atoms with Crippen molar-refractivity contribution in [3.63, 3.8) is 0 Å². The first-order chi connectivity index (χ1) is 17.4. The lowest BCUT2D eigenvalue weighted by Gasteiger charge is -2.24. The monoisotopic (exact) mass is 575 g/mol. The van der Waals surface area contributed by atoms with Gasteiger partial charge in [0.25, 0.3) is 0 Å². The highest BCUT2D eigenvalue weighted by Crippen LogP contribution is 2.50. The molecule has 0 saturated carbocycles. The number of aliphatic hydroxyl groups excluding tert-OH is 1. The lowest BCUT2D eigenvalue weighted by molar-refractivity contribution is -0.138. The second kappa shape index (κ2) is 10.6. The van der Waals surface area contributed by atoms with Gasteiger partial charge < -0.3 is 30.5 Å². The van der Waals surface area contributed by atoms with E-state index in [1.165, 1.54) is 30.0 Å². The molecule has 200 valence electrons. The van der Waals surface area contributed by atoms with Gasteiger partial charge in [-0.2, -0.15) is 15.1 Å². The molecule has 14 nitrogen and oxygen atoms in total. The van der Waals surface area contributed by atoms with E-state index in [2.05, 4.69) is 25.4 Å². The number of benzene rings is 1. The highest BCUT2D eigenvalue weighted by atomic mass is 35.5. The van der Waals surface area contributed by atoms with Crippen LogP contribution in [0.15, 0.2) is 36.7 Å². The molecule has 0 aliphatic carbocycles. The predicted octanol–water partition coefficient (Wildman–Crippen LogP) is 2.15. The minimum absolute atomic E-state index is 0.0515. The molecule has 0 amide bonds. The molecule has 0 radical (unpaired) electrons. The maximum Gasteiger partial charge on any atom is 0.459 e. The van der Waals surface area contributed by atoms with Crippen LogP contribution in [0.4, 0.5) is 11.8 Å². The van der Waals surface area contributed by atoms with Gasteiger partial charge in [-0.3, -0.25) is 13.9 Å². The summed E-state index contributed by atoms with van der Waals surface area (Å²) in [5, 5.41) is 25.3. The zero-order chi connectivity index (χ0) is 27.0. The van der Waals surface area contributed by atoms with E-state index in [-0.39, 0.29) is 17.3 Å². The minimum atomic E-state index is -4.28. The number of ether oxygens (including phenoxy) is 1. The van der Waals surface area contributed by atoms with Crippen LogP contribution >= 0.6 is 30.9 Å². The molecule has 0 bridgehead atoms. The highest BCUT2D eigenvalue weighted by molar-refractivity contribution is 7.52. The Labute approximate surface area is 220 Å². The summed E-state index contributed by atoms with van der Waals surface area (Å²) < 4.78 is 29.7. The molecule has 2 aromatic heterocycles. The summed E-state index contributed by atoms with van der Waals surface area (Å²) >= 11 is 13.0. The van der Waals surface area contributed by atoms with Crippen molar-refractivity contribution in [3.8, 4) is 5.75 Å². The minimum Gasteiger partial charge on any atom is -0.480 e. The van der Waals surface area contributed by atoms with E-state index in [0.717, 1.165) is 0 Å². The third-order valence-electron chi connectivity index (χ3n) is 5.41. The second-order valence-corrected chi connectivity index (χ2v) is 11.2. The zero-order valence-electron chi connectivity index (χ0n) is 19.5. The number of alkyl halides is 2. The Hall–Kier alpha value is -2.71. The van der Waals surface area contributed by atoms with Crippen molar-refractivity contribution in [2.45, 2.75) is 35.7 Å². The Kier molecular flexibility index (Phi) is 7.81. The van der Waals surface area contributed by atoms with Gasteiger partial charge in [0.1, 0.15) is 24.0 Å². The maximum atomic E-state index is 13.4. The molecule has 0 spiro atoms. The fourth-order valence-corrected chi connectivity index (χ4v) is 5.66. The van der Waals surface area contributed by atoms with Crippen LogP contribution in [0.5, 0.6) is 5.75 Å². The molecule has 4 rings (SSSR count). The van der Waals surface area contributed by atoms with Gasteiger partial charge >= 0.3 is 13.7 Å². The molecule has 1 fully saturated rings. The Morgan fingerprint density at radius 3 is 2.70 bits per heavy atom. The molecule has 37 heavy (non-hydrogen) atoms. The quantitative estimate of drug-likeness (QED) is 0.174. The summed E-state index contributed by atoms with van der Waals surface area (Å²) in [4.78, 5) is 23.8. The molecule has 5 atom stereocenters. The van der Waals surface area contributed by atoms with Gasteiger partial charge in [0.15, 0.2) is 27.5 Å². The standard InChI is InChI=1S/C20H24Cl2N7O7P/c1-10(17(31)32)28-37(33,36-11-6-4-3-5-7-11)34-8-12-14(30)20(21,22)18(35-12)29-9-25-13-15(24-2)26-19(23)27-16(13)29/h3-7,9-10,12,14,18,30H,8H2,1-2H3,(H,28,33)(H,31,32)(H3,23,24,26,27)/t10?,12-,14-,18-,37?/m1/s1. The van der Waals surface area contributed by atoms with E-state index >= 15 is 0 Å². The van der Waals surface area contributed by atoms with Crippen LogP contribution in [-0.2, 0) is 18.6 Å². The lowest BCUT2D eigenvalue weighted by atomic mass is 10.2. The molecule has 3 aromatic rings. The number of aliphatic carboxylic acids is 1. The van der Waals surface area contributed by atoms with E-state index in [9.17, 15) is 19.6 Å². The topological polar surface area (TPSA) is 196 Å². The average Bonchev–Trinajstić information content (AvgIpc) is 3.35. The lowest BCUT2D eigenvalue weighted by Crippen LogP contribution is -2.39. The molecule has 1 aliphatic rings. The number of aliphatic hydroxyl groups is 1. The fourth-order valence-electron chi connectivity index (χ4n) is 3.56. The maximum absolute atomic E-state index is 13.4. The first kappa shape index (κ1) is 27.3. The molecule has 1 saturated heterocycles. The number of hydrogen-bond donors (Lipinski definition) is 5. The van der Waals surface area contributed by atoms with E-state index in [0.29, 0.717) is 11.3 Å². The zero-order valence-corrected chi connectivity index (χ0v) is 21.9. The third-order valence-corrected chi connectivity index (χ3v) is 7.87. The number of anilines is 2. The van der Waals surface area contributed by atoms with E-state index < -0.39 is 49.1 Å². The first-order valence-electron chi connectivity index (χ1n) is 10.8. The number of hydrogen-bond acceptors (Lipinski definition) is 11. The predicted molar refractivity (Wildman–Crippen MR) is 134 cm³/mol. The van der Waals surface area contributed by atoms with E-state index in [1.807, 2.05) is 0 Å². The number of nitrogens with two attached hydrogens (primary N) is 1. The summed E-state index contributed by atoms with van der Waals surface area (Å²) in [5.74, 6) is -0.822. The molecule has 6 N–H and O–H groups in total. The van der Waals surface area contributed by atoms with Gasteiger partial charge in [-0.15, -0.1) is 0 Å². The summed E-state index contributed by atoms with van der Waals surface area (Å²) in [6, 6.07) is 6.72. The molecular formula is C20H24Cl2N7O7P. The second-order valence-electron chi connectivity index (χ2n) is 8.04. The largest absolute Gasteiger partial charge is 0.480 e. The van der Waals surface area contributed by atoms with Crippen molar-refractivity contribution >= 4 is 59.8 Å². The first-order valence-corrected chi connectivity index (χ1v) is 13.1. The number of carbonyl (C=O) groups is 1. The van der Waals surface area contributed by atoms with E-state index in [4.69, 9.17) is 42.7 Å². The Morgan fingerprint density at radius 1 is 1.35 bits per heavy atom.